The van der Waals surface area contributed by atoms with E-state index >= 15 is 0 Å². The molecule has 0 radical (unpaired) electrons. The first-order valence-electron chi connectivity index (χ1n) is 4.99. The third kappa shape index (κ3) is 5.12. The third-order valence-electron chi connectivity index (χ3n) is 2.05. The molecule has 0 amide bonds. The normalized spacial score (nSPS) is 9.93. The summed E-state index contributed by atoms with van der Waals surface area (Å²) in [5.74, 6) is -0.177. The number of nitrogens with zero attached hydrogens (tertiary/aromatic N) is 1. The minimum atomic E-state index is -0.177. The van der Waals surface area contributed by atoms with Crippen molar-refractivity contribution >= 4 is 5.97 Å². The lowest BCUT2D eigenvalue weighted by Gasteiger charge is -2.03. The molecule has 0 aliphatic carbocycles. The van der Waals surface area contributed by atoms with Crippen molar-refractivity contribution < 1.29 is 9.53 Å². The highest BCUT2D eigenvalue weighted by molar-refractivity contribution is 5.69. The SMILES string of the molecule is COC(=O)CCNCCc1cccnc1. The van der Waals surface area contributed by atoms with Gasteiger partial charge in [-0.05, 0) is 24.6 Å². The number of carbonyl (C=O) groups is 1. The number of esters is 1. The first-order chi connectivity index (χ1) is 7.33. The number of methoxy groups -OCH3 is 1. The molecular weight excluding hydrogens is 192 g/mol. The van der Waals surface area contributed by atoms with Crippen LogP contribution in [-0.2, 0) is 16.0 Å². The van der Waals surface area contributed by atoms with Crippen LogP contribution in [-0.4, -0.2) is 31.2 Å². The summed E-state index contributed by atoms with van der Waals surface area (Å²) in [6, 6.07) is 3.96. The molecule has 0 bridgehead atoms. The molecule has 0 aliphatic rings. The van der Waals surface area contributed by atoms with Crippen LogP contribution in [0.25, 0.3) is 0 Å². The summed E-state index contributed by atoms with van der Waals surface area (Å²) < 4.78 is 4.53. The lowest BCUT2D eigenvalue weighted by atomic mass is 10.2. The molecule has 0 aromatic carbocycles. The van der Waals surface area contributed by atoms with Crippen molar-refractivity contribution in [1.82, 2.24) is 10.3 Å². The number of aromatic nitrogens is 1. The number of carbonyl (C=O) groups excluding carboxylic acids is 1. The van der Waals surface area contributed by atoms with Gasteiger partial charge in [-0.3, -0.25) is 9.78 Å². The first-order valence-corrected chi connectivity index (χ1v) is 4.99. The topological polar surface area (TPSA) is 51.2 Å². The Morgan fingerprint density at radius 3 is 3.07 bits per heavy atom. The van der Waals surface area contributed by atoms with Gasteiger partial charge in [-0.2, -0.15) is 0 Å². The minimum Gasteiger partial charge on any atom is -0.469 e. The lowest BCUT2D eigenvalue weighted by molar-refractivity contribution is -0.140. The quantitative estimate of drug-likeness (QED) is 0.554. The molecule has 1 aromatic rings. The van der Waals surface area contributed by atoms with E-state index in [1.165, 1.54) is 12.7 Å². The molecule has 0 aliphatic heterocycles. The van der Waals surface area contributed by atoms with Crippen LogP contribution in [0.5, 0.6) is 0 Å². The smallest absolute Gasteiger partial charge is 0.306 e. The van der Waals surface area contributed by atoms with Gasteiger partial charge in [0, 0.05) is 18.9 Å². The number of hydrogen-bond acceptors (Lipinski definition) is 4. The molecule has 0 saturated carbocycles. The maximum absolute atomic E-state index is 10.8. The van der Waals surface area contributed by atoms with Crippen molar-refractivity contribution in [3.05, 3.63) is 30.1 Å². The molecule has 4 heteroatoms. The molecule has 4 nitrogen and oxygen atoms in total. The lowest BCUT2D eigenvalue weighted by Crippen LogP contribution is -2.21. The molecule has 15 heavy (non-hydrogen) atoms. The Hall–Kier alpha value is -1.42. The zero-order chi connectivity index (χ0) is 10.9. The predicted octanol–water partition coefficient (Wildman–Crippen LogP) is 0.777. The summed E-state index contributed by atoms with van der Waals surface area (Å²) >= 11 is 0. The van der Waals surface area contributed by atoms with E-state index in [0.29, 0.717) is 13.0 Å². The average Bonchev–Trinajstić information content (AvgIpc) is 2.29. The second-order valence-corrected chi connectivity index (χ2v) is 3.19. The predicted molar refractivity (Wildman–Crippen MR) is 57.4 cm³/mol. The van der Waals surface area contributed by atoms with Gasteiger partial charge in [0.05, 0.1) is 13.5 Å². The maximum atomic E-state index is 10.8. The minimum absolute atomic E-state index is 0.177. The van der Waals surface area contributed by atoms with E-state index in [9.17, 15) is 4.79 Å². The van der Waals surface area contributed by atoms with Crippen molar-refractivity contribution in [3.63, 3.8) is 0 Å². The molecular formula is C11H16N2O2. The zero-order valence-electron chi connectivity index (χ0n) is 8.90. The van der Waals surface area contributed by atoms with Crippen molar-refractivity contribution in [2.45, 2.75) is 12.8 Å². The highest BCUT2D eigenvalue weighted by atomic mass is 16.5. The van der Waals surface area contributed by atoms with Crippen LogP contribution in [0.1, 0.15) is 12.0 Å². The molecule has 1 N–H and O–H groups in total. The second-order valence-electron chi connectivity index (χ2n) is 3.19. The Labute approximate surface area is 89.7 Å². The van der Waals surface area contributed by atoms with Gasteiger partial charge in [0.2, 0.25) is 0 Å². The van der Waals surface area contributed by atoms with Crippen LogP contribution in [0, 0.1) is 0 Å². The van der Waals surface area contributed by atoms with Crippen LogP contribution < -0.4 is 5.32 Å². The van der Waals surface area contributed by atoms with Gasteiger partial charge in [0.1, 0.15) is 0 Å². The van der Waals surface area contributed by atoms with Crippen molar-refractivity contribution in [1.29, 1.82) is 0 Å². The van der Waals surface area contributed by atoms with Gasteiger partial charge >= 0.3 is 5.97 Å². The Balaban J connectivity index is 2.05. The fourth-order valence-electron chi connectivity index (χ4n) is 1.20. The highest BCUT2D eigenvalue weighted by Gasteiger charge is 1.98. The Bertz CT molecular complexity index is 288. The van der Waals surface area contributed by atoms with Crippen molar-refractivity contribution in [2.24, 2.45) is 0 Å². The number of pyridine rings is 1. The fraction of sp³-hybridized carbons (Fsp3) is 0.455. The first kappa shape index (κ1) is 11.7. The maximum Gasteiger partial charge on any atom is 0.306 e. The molecule has 0 spiro atoms. The molecule has 1 heterocycles. The van der Waals surface area contributed by atoms with E-state index in [-0.39, 0.29) is 5.97 Å². The summed E-state index contributed by atoms with van der Waals surface area (Å²) in [5.41, 5.74) is 1.20. The van der Waals surface area contributed by atoms with E-state index in [1.54, 1.807) is 6.20 Å². The Kier molecular flexibility index (Phi) is 5.40. The molecule has 0 fully saturated rings. The largest absolute Gasteiger partial charge is 0.469 e. The van der Waals surface area contributed by atoms with E-state index < -0.39 is 0 Å². The fourth-order valence-corrected chi connectivity index (χ4v) is 1.20. The van der Waals surface area contributed by atoms with Crippen LogP contribution in [0.4, 0.5) is 0 Å². The molecule has 0 saturated heterocycles. The number of hydrogen-bond donors (Lipinski definition) is 1. The van der Waals surface area contributed by atoms with E-state index in [1.807, 2.05) is 18.3 Å². The van der Waals surface area contributed by atoms with Gasteiger partial charge < -0.3 is 10.1 Å². The van der Waals surface area contributed by atoms with Crippen LogP contribution in [0.3, 0.4) is 0 Å². The monoisotopic (exact) mass is 208 g/mol. The highest BCUT2D eigenvalue weighted by Crippen LogP contribution is 1.95. The summed E-state index contributed by atoms with van der Waals surface area (Å²) in [5, 5.41) is 3.17. The summed E-state index contributed by atoms with van der Waals surface area (Å²) in [7, 11) is 1.40. The zero-order valence-corrected chi connectivity index (χ0v) is 8.90. The summed E-state index contributed by atoms with van der Waals surface area (Å²) in [6.07, 6.45) is 4.95. The van der Waals surface area contributed by atoms with Crippen molar-refractivity contribution in [2.75, 3.05) is 20.2 Å². The van der Waals surface area contributed by atoms with Gasteiger partial charge in [-0.1, -0.05) is 6.07 Å². The van der Waals surface area contributed by atoms with Crippen LogP contribution in [0.2, 0.25) is 0 Å². The van der Waals surface area contributed by atoms with Gasteiger partial charge in [0.15, 0.2) is 0 Å². The number of nitrogens with one attached hydrogen (secondary N) is 1. The van der Waals surface area contributed by atoms with Crippen molar-refractivity contribution in [3.8, 4) is 0 Å². The van der Waals surface area contributed by atoms with Crippen LogP contribution >= 0.6 is 0 Å². The number of ether oxygens (including phenoxy) is 1. The van der Waals surface area contributed by atoms with Gasteiger partial charge in [0.25, 0.3) is 0 Å². The standard InChI is InChI=1S/C11H16N2O2/c1-15-11(14)5-8-12-7-4-10-3-2-6-13-9-10/h2-3,6,9,12H,4-5,7-8H2,1H3. The molecule has 1 rings (SSSR count). The van der Waals surface area contributed by atoms with Gasteiger partial charge in [-0.15, -0.1) is 0 Å². The Morgan fingerprint density at radius 2 is 2.40 bits per heavy atom. The molecule has 82 valence electrons. The van der Waals surface area contributed by atoms with Crippen LogP contribution in [0.15, 0.2) is 24.5 Å². The Morgan fingerprint density at radius 1 is 1.53 bits per heavy atom. The average molecular weight is 208 g/mol. The molecule has 0 unspecified atom stereocenters. The van der Waals surface area contributed by atoms with E-state index in [2.05, 4.69) is 15.0 Å². The molecule has 1 aromatic heterocycles. The third-order valence-corrected chi connectivity index (χ3v) is 2.05. The number of rotatable bonds is 6. The van der Waals surface area contributed by atoms with Gasteiger partial charge in [-0.25, -0.2) is 0 Å². The molecule has 0 atom stereocenters. The van der Waals surface area contributed by atoms with E-state index in [0.717, 1.165) is 13.0 Å². The second kappa shape index (κ2) is 6.95. The van der Waals surface area contributed by atoms with E-state index in [4.69, 9.17) is 0 Å². The summed E-state index contributed by atoms with van der Waals surface area (Å²) in [4.78, 5) is 14.8. The summed E-state index contributed by atoms with van der Waals surface area (Å²) in [6.45, 7) is 1.51.